The minimum atomic E-state index is 0.681. The Kier molecular flexibility index (Phi) is 4.00. The molecule has 0 aliphatic rings. The first-order chi connectivity index (χ1) is 9.17. The number of hydrogen-bond donors (Lipinski definition) is 0. The van der Waals surface area contributed by atoms with Gasteiger partial charge < -0.3 is 4.90 Å². The average Bonchev–Trinajstić information content (AvgIpc) is 2.71. The number of carbonyl (C=O) groups excluding carboxylic acids is 1. The summed E-state index contributed by atoms with van der Waals surface area (Å²) < 4.78 is 1.78. The number of hydrogen-bond acceptors (Lipinski definition) is 3. The molecular formula is C15H19N3O. The maximum Gasteiger partial charge on any atom is 0.155 e. The van der Waals surface area contributed by atoms with Gasteiger partial charge in [0.1, 0.15) is 5.82 Å². The van der Waals surface area contributed by atoms with Gasteiger partial charge in [0, 0.05) is 20.1 Å². The van der Waals surface area contributed by atoms with E-state index in [-0.39, 0.29) is 0 Å². The molecule has 1 aromatic carbocycles. The molecule has 0 saturated carbocycles. The van der Waals surface area contributed by atoms with Crippen LogP contribution in [0, 0.1) is 6.92 Å². The van der Waals surface area contributed by atoms with Gasteiger partial charge in [-0.1, -0.05) is 30.3 Å². The molecule has 0 aliphatic carbocycles. The van der Waals surface area contributed by atoms with Crippen LogP contribution in [-0.2, 0) is 13.6 Å². The maximum atomic E-state index is 11.3. The van der Waals surface area contributed by atoms with Crippen LogP contribution in [0.4, 0.5) is 5.82 Å². The number of aryl methyl sites for hydroxylation is 2. The van der Waals surface area contributed by atoms with Crippen LogP contribution in [-0.4, -0.2) is 22.6 Å². The molecule has 0 radical (unpaired) electrons. The monoisotopic (exact) mass is 257 g/mol. The molecule has 0 fully saturated rings. The molecule has 2 rings (SSSR count). The number of rotatable bonds is 5. The first-order valence-electron chi connectivity index (χ1n) is 6.45. The van der Waals surface area contributed by atoms with E-state index < -0.39 is 0 Å². The highest BCUT2D eigenvalue weighted by Gasteiger charge is 2.18. The maximum absolute atomic E-state index is 11.3. The molecule has 0 atom stereocenters. The molecular weight excluding hydrogens is 238 g/mol. The van der Waals surface area contributed by atoms with Crippen LogP contribution in [0.25, 0.3) is 0 Å². The molecule has 19 heavy (non-hydrogen) atoms. The lowest BCUT2D eigenvalue weighted by molar-refractivity contribution is 0.112. The number of aromatic nitrogens is 2. The van der Waals surface area contributed by atoms with E-state index in [9.17, 15) is 4.79 Å². The molecule has 0 N–H and O–H groups in total. The summed E-state index contributed by atoms with van der Waals surface area (Å²) in [5, 5.41) is 4.34. The normalized spacial score (nSPS) is 10.5. The Labute approximate surface area is 113 Å². The highest BCUT2D eigenvalue weighted by molar-refractivity contribution is 5.84. The van der Waals surface area contributed by atoms with Gasteiger partial charge in [0.05, 0.1) is 11.3 Å². The number of aldehydes is 1. The number of benzene rings is 1. The molecule has 4 heteroatoms. The van der Waals surface area contributed by atoms with Crippen molar-refractivity contribution in [2.75, 3.05) is 11.4 Å². The van der Waals surface area contributed by atoms with Gasteiger partial charge in [-0.05, 0) is 19.4 Å². The van der Waals surface area contributed by atoms with Crippen LogP contribution in [0.1, 0.15) is 28.5 Å². The lowest BCUT2D eigenvalue weighted by Crippen LogP contribution is -2.25. The molecule has 0 spiro atoms. The summed E-state index contributed by atoms with van der Waals surface area (Å²) >= 11 is 0. The molecule has 0 unspecified atom stereocenters. The Hall–Kier alpha value is -2.10. The van der Waals surface area contributed by atoms with Crippen LogP contribution in [0.15, 0.2) is 30.3 Å². The second-order valence-corrected chi connectivity index (χ2v) is 4.56. The van der Waals surface area contributed by atoms with Gasteiger partial charge in [-0.25, -0.2) is 0 Å². The first-order valence-corrected chi connectivity index (χ1v) is 6.45. The molecule has 100 valence electrons. The van der Waals surface area contributed by atoms with Crippen LogP contribution >= 0.6 is 0 Å². The first kappa shape index (κ1) is 13.3. The zero-order valence-electron chi connectivity index (χ0n) is 11.6. The summed E-state index contributed by atoms with van der Waals surface area (Å²) in [5.74, 6) is 0.888. The summed E-state index contributed by atoms with van der Waals surface area (Å²) in [6.07, 6.45) is 0.894. The fraction of sp³-hybridized carbons (Fsp3) is 0.333. The lowest BCUT2D eigenvalue weighted by atomic mass is 10.2. The standard InChI is InChI=1S/C15H19N3O/c1-4-18(10-13-8-6-5-7-9-13)15-14(11-19)12(2)16-17(15)3/h5-9,11H,4,10H2,1-3H3. The van der Waals surface area contributed by atoms with Gasteiger partial charge in [0.2, 0.25) is 0 Å². The fourth-order valence-corrected chi connectivity index (χ4v) is 2.32. The summed E-state index contributed by atoms with van der Waals surface area (Å²) in [5.41, 5.74) is 2.68. The van der Waals surface area contributed by atoms with Crippen LogP contribution in [0.3, 0.4) is 0 Å². The van der Waals surface area contributed by atoms with Crippen molar-refractivity contribution in [1.82, 2.24) is 9.78 Å². The van der Waals surface area contributed by atoms with E-state index in [1.165, 1.54) is 5.56 Å². The predicted octanol–water partition coefficient (Wildman–Crippen LogP) is 2.57. The Balaban J connectivity index is 2.35. The summed E-state index contributed by atoms with van der Waals surface area (Å²) in [6, 6.07) is 10.2. The van der Waals surface area contributed by atoms with Crippen LogP contribution in [0.2, 0.25) is 0 Å². The van der Waals surface area contributed by atoms with Gasteiger partial charge in [-0.3, -0.25) is 9.48 Å². The van der Waals surface area contributed by atoms with Gasteiger partial charge in [0.25, 0.3) is 0 Å². The van der Waals surface area contributed by atoms with Crippen LogP contribution in [0.5, 0.6) is 0 Å². The second kappa shape index (κ2) is 5.69. The van der Waals surface area contributed by atoms with E-state index in [0.29, 0.717) is 5.56 Å². The predicted molar refractivity (Wildman–Crippen MR) is 76.5 cm³/mol. The molecule has 1 aromatic heterocycles. The highest BCUT2D eigenvalue weighted by atomic mass is 16.1. The number of anilines is 1. The van der Waals surface area contributed by atoms with E-state index in [1.807, 2.05) is 32.2 Å². The largest absolute Gasteiger partial charge is 0.352 e. The minimum Gasteiger partial charge on any atom is -0.352 e. The lowest BCUT2D eigenvalue weighted by Gasteiger charge is -2.23. The molecule has 0 saturated heterocycles. The summed E-state index contributed by atoms with van der Waals surface area (Å²) in [7, 11) is 1.88. The molecule has 0 bridgehead atoms. The van der Waals surface area contributed by atoms with E-state index in [1.54, 1.807) is 4.68 Å². The highest BCUT2D eigenvalue weighted by Crippen LogP contribution is 2.23. The topological polar surface area (TPSA) is 38.1 Å². The number of carbonyl (C=O) groups is 1. The molecule has 0 aliphatic heterocycles. The third kappa shape index (κ3) is 2.67. The Morgan fingerprint density at radius 3 is 2.58 bits per heavy atom. The Bertz CT molecular complexity index is 560. The molecule has 1 heterocycles. The molecule has 0 amide bonds. The van der Waals surface area contributed by atoms with Crippen molar-refractivity contribution in [2.45, 2.75) is 20.4 Å². The zero-order chi connectivity index (χ0) is 13.8. The zero-order valence-corrected chi connectivity index (χ0v) is 11.6. The quantitative estimate of drug-likeness (QED) is 0.773. The van der Waals surface area contributed by atoms with Crippen molar-refractivity contribution < 1.29 is 4.79 Å². The fourth-order valence-electron chi connectivity index (χ4n) is 2.32. The van der Waals surface area contributed by atoms with Crippen molar-refractivity contribution in [3.63, 3.8) is 0 Å². The van der Waals surface area contributed by atoms with Gasteiger partial charge in [-0.2, -0.15) is 5.10 Å². The van der Waals surface area contributed by atoms with Crippen molar-refractivity contribution in [3.8, 4) is 0 Å². The Morgan fingerprint density at radius 1 is 1.32 bits per heavy atom. The molecule has 4 nitrogen and oxygen atoms in total. The van der Waals surface area contributed by atoms with Gasteiger partial charge in [0.15, 0.2) is 6.29 Å². The second-order valence-electron chi connectivity index (χ2n) is 4.56. The van der Waals surface area contributed by atoms with Crippen molar-refractivity contribution in [2.24, 2.45) is 7.05 Å². The van der Waals surface area contributed by atoms with E-state index in [0.717, 1.165) is 30.9 Å². The molecule has 2 aromatic rings. The average molecular weight is 257 g/mol. The third-order valence-electron chi connectivity index (χ3n) is 3.25. The van der Waals surface area contributed by atoms with E-state index in [4.69, 9.17) is 0 Å². The smallest absolute Gasteiger partial charge is 0.155 e. The van der Waals surface area contributed by atoms with Crippen molar-refractivity contribution in [3.05, 3.63) is 47.2 Å². The summed E-state index contributed by atoms with van der Waals surface area (Å²) in [6.45, 7) is 5.55. The minimum absolute atomic E-state index is 0.681. The number of nitrogens with zero attached hydrogens (tertiary/aromatic N) is 3. The third-order valence-corrected chi connectivity index (χ3v) is 3.25. The Morgan fingerprint density at radius 2 is 2.00 bits per heavy atom. The van der Waals surface area contributed by atoms with Gasteiger partial charge in [-0.15, -0.1) is 0 Å². The van der Waals surface area contributed by atoms with E-state index in [2.05, 4.69) is 29.1 Å². The van der Waals surface area contributed by atoms with Crippen molar-refractivity contribution in [1.29, 1.82) is 0 Å². The SMILES string of the molecule is CCN(Cc1ccccc1)c1c(C=O)c(C)nn1C. The van der Waals surface area contributed by atoms with Crippen LogP contribution < -0.4 is 4.90 Å². The summed E-state index contributed by atoms with van der Waals surface area (Å²) in [4.78, 5) is 13.4. The van der Waals surface area contributed by atoms with E-state index >= 15 is 0 Å². The van der Waals surface area contributed by atoms with Crippen molar-refractivity contribution >= 4 is 12.1 Å². The van der Waals surface area contributed by atoms with Gasteiger partial charge >= 0.3 is 0 Å².